The summed E-state index contributed by atoms with van der Waals surface area (Å²) in [5.74, 6) is -16.9. The first-order valence-electron chi connectivity index (χ1n) is 4.79. The molecule has 0 bridgehead atoms. The first kappa shape index (κ1) is 20.2. The van der Waals surface area contributed by atoms with Gasteiger partial charge in [0.25, 0.3) is 0 Å². The van der Waals surface area contributed by atoms with Gasteiger partial charge in [-0.3, -0.25) is 0 Å². The predicted molar refractivity (Wildman–Crippen MR) is 43.4 cm³/mol. The van der Waals surface area contributed by atoms with Crippen LogP contribution < -0.4 is 0 Å². The summed E-state index contributed by atoms with van der Waals surface area (Å²) in [4.78, 5) is 26.3. The van der Waals surface area contributed by atoms with Gasteiger partial charge in [0.1, 0.15) is 12.8 Å². The Hall–Kier alpha value is -1.76. The summed E-state index contributed by atoms with van der Waals surface area (Å²) in [6, 6.07) is 0. The molecule has 0 N–H and O–H groups in total. The Morgan fingerprint density at radius 3 is 1.00 bits per heavy atom. The molecule has 0 aliphatic heterocycles. The van der Waals surface area contributed by atoms with Crippen molar-refractivity contribution in [3.8, 4) is 0 Å². The maximum atomic E-state index is 12.6. The van der Waals surface area contributed by atoms with Crippen LogP contribution in [0.15, 0.2) is 0 Å². The van der Waals surface area contributed by atoms with E-state index in [4.69, 9.17) is 0 Å². The van der Waals surface area contributed by atoms with Gasteiger partial charge in [0, 0.05) is 0 Å². The van der Waals surface area contributed by atoms with Crippen molar-refractivity contribution in [1.82, 2.24) is 0 Å². The molecule has 0 fully saturated rings. The Bertz CT molecular complexity index is 384. The minimum Gasteiger partial charge on any atom is -0.240 e. The highest BCUT2D eigenvalue weighted by Gasteiger charge is 2.54. The van der Waals surface area contributed by atoms with E-state index in [0.29, 0.717) is 0 Å². The lowest BCUT2D eigenvalue weighted by molar-refractivity contribution is -0.296. The van der Waals surface area contributed by atoms with E-state index in [1.54, 1.807) is 0 Å². The summed E-state index contributed by atoms with van der Waals surface area (Å²) in [5, 5.41) is 0. The number of rotatable bonds is 4. The van der Waals surface area contributed by atoms with Gasteiger partial charge in [0.2, 0.25) is 0 Å². The van der Waals surface area contributed by atoms with Gasteiger partial charge in [0.15, 0.2) is 0 Å². The van der Waals surface area contributed by atoms with E-state index in [2.05, 4.69) is 9.78 Å². The third kappa shape index (κ3) is 7.31. The lowest BCUT2D eigenvalue weighted by atomic mass is 10.2. The zero-order chi connectivity index (χ0) is 18.0. The molecule has 14 heteroatoms. The standard InChI is InChI=1S/C8H4F10O4/c9-5(10,1-7(13,14)15)3(19)21-22-4(20)6(11,12)2-8(16,17)18/h1-2H2. The van der Waals surface area contributed by atoms with Crippen LogP contribution in [0.2, 0.25) is 0 Å². The van der Waals surface area contributed by atoms with Gasteiger partial charge in [-0.2, -0.15) is 43.9 Å². The monoisotopic (exact) mass is 354 g/mol. The summed E-state index contributed by atoms with van der Waals surface area (Å²) < 4.78 is 120. The molecule has 0 aromatic carbocycles. The molecule has 0 unspecified atom stereocenters. The van der Waals surface area contributed by atoms with Crippen LogP contribution in [0.25, 0.3) is 0 Å². The molecular weight excluding hydrogens is 350 g/mol. The number of hydrogen-bond acceptors (Lipinski definition) is 4. The Balaban J connectivity index is 4.68. The smallest absolute Gasteiger partial charge is 0.240 e. The molecular formula is C8H4F10O4. The normalized spacial score (nSPS) is 13.7. The highest BCUT2D eigenvalue weighted by Crippen LogP contribution is 2.34. The van der Waals surface area contributed by atoms with Crippen molar-refractivity contribution < 1.29 is 63.3 Å². The fourth-order valence-electron chi connectivity index (χ4n) is 0.845. The SMILES string of the molecule is O=C(OOC(=O)C(F)(F)CC(F)(F)F)C(F)(F)CC(F)(F)F. The number of carbonyl (C=O) groups excluding carboxylic acids is 2. The van der Waals surface area contributed by atoms with Crippen LogP contribution in [-0.2, 0) is 19.4 Å². The first-order chi connectivity index (χ1) is 9.46. The Kier molecular flexibility index (Phi) is 5.67. The van der Waals surface area contributed by atoms with Crippen LogP contribution in [0.1, 0.15) is 12.8 Å². The molecule has 4 nitrogen and oxygen atoms in total. The maximum Gasteiger partial charge on any atom is 0.424 e. The van der Waals surface area contributed by atoms with Crippen LogP contribution >= 0.6 is 0 Å². The van der Waals surface area contributed by atoms with Crippen molar-refractivity contribution in [2.75, 3.05) is 0 Å². The van der Waals surface area contributed by atoms with Crippen LogP contribution in [-0.4, -0.2) is 36.1 Å². The second kappa shape index (κ2) is 6.16. The van der Waals surface area contributed by atoms with E-state index in [1.807, 2.05) is 0 Å². The van der Waals surface area contributed by atoms with Crippen molar-refractivity contribution in [1.29, 1.82) is 0 Å². The zero-order valence-corrected chi connectivity index (χ0v) is 9.83. The van der Waals surface area contributed by atoms with E-state index < -0.39 is 49.0 Å². The van der Waals surface area contributed by atoms with Gasteiger partial charge >= 0.3 is 36.1 Å². The van der Waals surface area contributed by atoms with E-state index in [9.17, 15) is 53.5 Å². The van der Waals surface area contributed by atoms with E-state index in [1.165, 1.54) is 0 Å². The summed E-state index contributed by atoms with van der Waals surface area (Å²) in [6.07, 6.45) is -17.2. The Morgan fingerprint density at radius 2 is 0.818 bits per heavy atom. The maximum absolute atomic E-state index is 12.6. The fourth-order valence-corrected chi connectivity index (χ4v) is 0.845. The lowest BCUT2D eigenvalue weighted by Crippen LogP contribution is -2.39. The number of carbonyl (C=O) groups is 2. The van der Waals surface area contributed by atoms with Gasteiger partial charge in [-0.15, -0.1) is 0 Å². The number of alkyl halides is 10. The van der Waals surface area contributed by atoms with Crippen LogP contribution in [0, 0.1) is 0 Å². The third-order valence-electron chi connectivity index (χ3n) is 1.64. The topological polar surface area (TPSA) is 52.6 Å². The molecule has 130 valence electrons. The molecule has 0 rings (SSSR count). The molecule has 0 saturated carbocycles. The minimum absolute atomic E-state index is 2.73. The van der Waals surface area contributed by atoms with Gasteiger partial charge in [0.05, 0.1) is 0 Å². The molecule has 0 aromatic heterocycles. The summed E-state index contributed by atoms with van der Waals surface area (Å²) in [6.45, 7) is 0. The molecule has 0 aromatic rings. The van der Waals surface area contributed by atoms with E-state index in [-0.39, 0.29) is 0 Å². The summed E-state index contributed by atoms with van der Waals surface area (Å²) in [5.41, 5.74) is 0. The molecule has 0 amide bonds. The fraction of sp³-hybridized carbons (Fsp3) is 0.750. The first-order valence-corrected chi connectivity index (χ1v) is 4.79. The van der Waals surface area contributed by atoms with Crippen LogP contribution in [0.4, 0.5) is 43.9 Å². The molecule has 0 aliphatic rings. The quantitative estimate of drug-likeness (QED) is 0.442. The molecule has 22 heavy (non-hydrogen) atoms. The van der Waals surface area contributed by atoms with Crippen molar-refractivity contribution in [2.45, 2.75) is 37.0 Å². The molecule has 0 heterocycles. The van der Waals surface area contributed by atoms with Crippen LogP contribution in [0.5, 0.6) is 0 Å². The molecule has 0 aliphatic carbocycles. The summed E-state index contributed by atoms with van der Waals surface area (Å²) in [7, 11) is 0. The van der Waals surface area contributed by atoms with Crippen molar-refractivity contribution >= 4 is 11.9 Å². The van der Waals surface area contributed by atoms with E-state index in [0.717, 1.165) is 0 Å². The molecule has 0 saturated heterocycles. The van der Waals surface area contributed by atoms with E-state index >= 15 is 0 Å². The molecule has 0 radical (unpaired) electrons. The lowest BCUT2D eigenvalue weighted by Gasteiger charge is -2.17. The Labute approximate surface area is 113 Å². The summed E-state index contributed by atoms with van der Waals surface area (Å²) >= 11 is 0. The average Bonchev–Trinajstić information content (AvgIpc) is 2.17. The second-order valence-corrected chi connectivity index (χ2v) is 3.73. The third-order valence-corrected chi connectivity index (χ3v) is 1.64. The number of halogens is 10. The van der Waals surface area contributed by atoms with Crippen molar-refractivity contribution in [3.05, 3.63) is 0 Å². The average molecular weight is 354 g/mol. The van der Waals surface area contributed by atoms with Crippen LogP contribution in [0.3, 0.4) is 0 Å². The zero-order valence-electron chi connectivity index (χ0n) is 9.83. The van der Waals surface area contributed by atoms with Gasteiger partial charge in [-0.1, -0.05) is 0 Å². The van der Waals surface area contributed by atoms with Crippen molar-refractivity contribution in [2.24, 2.45) is 0 Å². The predicted octanol–water partition coefficient (Wildman–Crippen LogP) is 3.16. The molecule has 0 atom stereocenters. The van der Waals surface area contributed by atoms with Gasteiger partial charge < -0.3 is 0 Å². The Morgan fingerprint density at radius 1 is 0.591 bits per heavy atom. The number of hydrogen-bond donors (Lipinski definition) is 0. The largest absolute Gasteiger partial charge is 0.424 e. The highest BCUT2D eigenvalue weighted by atomic mass is 19.4. The van der Waals surface area contributed by atoms with Gasteiger partial charge in [-0.25, -0.2) is 19.4 Å². The minimum atomic E-state index is -5.56. The second-order valence-electron chi connectivity index (χ2n) is 3.73. The highest BCUT2D eigenvalue weighted by molar-refractivity contribution is 5.80. The van der Waals surface area contributed by atoms with Crippen molar-refractivity contribution in [3.63, 3.8) is 0 Å². The van der Waals surface area contributed by atoms with Gasteiger partial charge in [-0.05, 0) is 0 Å². The molecule has 0 spiro atoms.